The normalized spacial score (nSPS) is 30.4. The molecule has 2 aromatic carbocycles. The Labute approximate surface area is 313 Å². The number of hydrogen-bond donors (Lipinski definition) is 8. The number of carboxylic acids is 1. The van der Waals surface area contributed by atoms with Gasteiger partial charge in [0.15, 0.2) is 5.60 Å². The fourth-order valence-electron chi connectivity index (χ4n) is 7.55. The molecule has 2 fully saturated rings. The summed E-state index contributed by atoms with van der Waals surface area (Å²) in [4.78, 5) is 51.5. The number of halogens is 1. The molecule has 0 radical (unpaired) electrons. The summed E-state index contributed by atoms with van der Waals surface area (Å²) in [6.07, 6.45) is -2.60. The molecule has 6 bridgehead atoms. The minimum atomic E-state index is -1.98. The van der Waals surface area contributed by atoms with Gasteiger partial charge in [-0.1, -0.05) is 42.3 Å². The molecule has 8 atom stereocenters. The number of aromatic hydroxyl groups is 1. The highest BCUT2D eigenvalue weighted by atomic mass is 35.5. The maximum Gasteiger partial charge on any atom is 0.336 e. The van der Waals surface area contributed by atoms with Crippen molar-refractivity contribution < 1.29 is 54.2 Å². The topological polar surface area (TPSA) is 224 Å². The number of phenols is 1. The summed E-state index contributed by atoms with van der Waals surface area (Å²) < 4.78 is 11.6. The van der Waals surface area contributed by atoms with Crippen molar-refractivity contribution >= 4 is 35.3 Å². The molecule has 0 aliphatic carbocycles. The Hall–Kier alpha value is -3.79. The zero-order valence-electron chi connectivity index (χ0n) is 29.8. The molecule has 2 aromatic rings. The number of benzene rings is 2. The zero-order chi connectivity index (χ0) is 38.3. The number of ether oxygens (including phenoxy) is 2. The van der Waals surface area contributed by atoms with Crippen LogP contribution in [0.1, 0.15) is 91.4 Å². The van der Waals surface area contributed by atoms with E-state index in [9.17, 15) is 44.7 Å². The van der Waals surface area contributed by atoms with Crippen molar-refractivity contribution in [3.63, 3.8) is 0 Å². The van der Waals surface area contributed by atoms with Crippen LogP contribution in [0, 0.1) is 5.92 Å². The summed E-state index contributed by atoms with van der Waals surface area (Å²) >= 11 is 6.31. The largest absolute Gasteiger partial charge is 0.506 e. The molecule has 290 valence electrons. The molecule has 15 heteroatoms. The Morgan fingerprint density at radius 2 is 1.77 bits per heavy atom. The summed E-state index contributed by atoms with van der Waals surface area (Å²) in [6, 6.07) is 8.83. The van der Waals surface area contributed by atoms with E-state index >= 15 is 0 Å². The van der Waals surface area contributed by atoms with Gasteiger partial charge in [-0.3, -0.25) is 14.4 Å². The Morgan fingerprint density at radius 1 is 0.981 bits per heavy atom. The van der Waals surface area contributed by atoms with Crippen molar-refractivity contribution in [2.75, 3.05) is 19.8 Å². The van der Waals surface area contributed by atoms with Crippen molar-refractivity contribution in [1.82, 2.24) is 16.0 Å². The summed E-state index contributed by atoms with van der Waals surface area (Å²) in [5.41, 5.74) is 0.299. The van der Waals surface area contributed by atoms with E-state index in [4.69, 9.17) is 21.1 Å². The molecule has 0 saturated carbocycles. The zero-order valence-corrected chi connectivity index (χ0v) is 30.5. The van der Waals surface area contributed by atoms with Crippen LogP contribution < -0.4 is 16.0 Å². The van der Waals surface area contributed by atoms with Gasteiger partial charge in [0.2, 0.25) is 11.8 Å². The van der Waals surface area contributed by atoms with Crippen molar-refractivity contribution in [2.45, 2.75) is 113 Å². The molecule has 5 rings (SSSR count). The van der Waals surface area contributed by atoms with Crippen LogP contribution >= 0.6 is 11.6 Å². The predicted octanol–water partition coefficient (Wildman–Crippen LogP) is 2.31. The molecule has 53 heavy (non-hydrogen) atoms. The third-order valence-electron chi connectivity index (χ3n) is 10.5. The molecule has 2 saturated heterocycles. The van der Waals surface area contributed by atoms with Crippen LogP contribution in [-0.2, 0) is 36.7 Å². The van der Waals surface area contributed by atoms with Crippen LogP contribution in [0.5, 0.6) is 5.75 Å². The second kappa shape index (κ2) is 18.0. The third-order valence-corrected chi connectivity index (χ3v) is 10.8. The maximum absolute atomic E-state index is 13.4. The molecule has 14 nitrogen and oxygen atoms in total. The molecule has 3 aliphatic rings. The molecule has 3 unspecified atom stereocenters. The van der Waals surface area contributed by atoms with E-state index < -0.39 is 66.8 Å². The Bertz CT molecular complexity index is 1640. The van der Waals surface area contributed by atoms with Gasteiger partial charge in [-0.15, -0.1) is 0 Å². The molecule has 3 aliphatic heterocycles. The second-order valence-corrected chi connectivity index (χ2v) is 14.8. The highest BCUT2D eigenvalue weighted by molar-refractivity contribution is 6.32. The van der Waals surface area contributed by atoms with Gasteiger partial charge in [-0.25, -0.2) is 4.79 Å². The van der Waals surface area contributed by atoms with Crippen molar-refractivity contribution in [3.8, 4) is 5.75 Å². The number of aliphatic carboxylic acids is 1. The lowest BCUT2D eigenvalue weighted by Gasteiger charge is -2.47. The minimum absolute atomic E-state index is 0.0490. The van der Waals surface area contributed by atoms with Gasteiger partial charge in [-0.2, -0.15) is 0 Å². The first-order valence-electron chi connectivity index (χ1n) is 18.3. The number of carbonyl (C=O) groups is 4. The lowest BCUT2D eigenvalue weighted by Crippen LogP contribution is -2.67. The lowest BCUT2D eigenvalue weighted by atomic mass is 9.80. The minimum Gasteiger partial charge on any atom is -0.506 e. The maximum atomic E-state index is 13.4. The quantitative estimate of drug-likeness (QED) is 0.226. The van der Waals surface area contributed by atoms with E-state index in [-0.39, 0.29) is 40.6 Å². The number of hydrogen-bond acceptors (Lipinski definition) is 10. The number of aliphatic hydroxyl groups excluding tert-OH is 3. The molecular formula is C38H50ClN3O11. The Kier molecular flexibility index (Phi) is 13.7. The van der Waals surface area contributed by atoms with Gasteiger partial charge in [0.05, 0.1) is 41.8 Å². The molecule has 8 N–H and O–H groups in total. The smallest absolute Gasteiger partial charge is 0.336 e. The van der Waals surface area contributed by atoms with Gasteiger partial charge < -0.3 is 51.0 Å². The average Bonchev–Trinajstić information content (AvgIpc) is 3.13. The van der Waals surface area contributed by atoms with Gasteiger partial charge in [-0.05, 0) is 80.2 Å². The number of fused-ring (bicyclic) bond motifs is 6. The summed E-state index contributed by atoms with van der Waals surface area (Å²) in [5, 5.41) is 62.9. The van der Waals surface area contributed by atoms with Crippen LogP contribution in [0.4, 0.5) is 0 Å². The number of aryl methyl sites for hydroxylation is 2. The van der Waals surface area contributed by atoms with E-state index in [0.717, 1.165) is 24.0 Å². The van der Waals surface area contributed by atoms with E-state index in [2.05, 4.69) is 16.0 Å². The van der Waals surface area contributed by atoms with Gasteiger partial charge in [0.1, 0.15) is 18.0 Å². The predicted molar refractivity (Wildman–Crippen MR) is 192 cm³/mol. The van der Waals surface area contributed by atoms with Crippen molar-refractivity contribution in [3.05, 3.63) is 63.7 Å². The SMILES string of the molecule is CC(=O)N[C@H]1C2O[C@](C(=O)O)(CCCc3cccc(c3)C(NC(=O)C3CCCOC3)CCCCc3cc(cc(Cl)c3O)C(=O)NC[C@@H](O)[C@H]2O)C[C@@H]1O. The number of phenolic OH excluding ortho intramolecular Hbond substituents is 1. The standard InChI is InChI=1S/C38H50ClN3O11/c1-21(43)41-31-29(44)18-38(37(50)51)13-5-8-22-7-4-10-23(15-22)28(42-36(49)25-11-6-14-52-20-25)12-3-2-9-24-16-26(17-27(39)32(24)46)35(48)40-19-30(45)33(47)34(31)53-38/h4,7,10,15-17,25,28-31,33-34,44-47H,2-3,5-6,8-9,11-14,18-20H2,1H3,(H,40,48)(H,41,43)(H,42,49)(H,50,51)/t25?,28?,29-,30+,31+,33+,34?,38+/m0/s1. The average molecular weight is 760 g/mol. The van der Waals surface area contributed by atoms with Crippen molar-refractivity contribution in [2.24, 2.45) is 5.92 Å². The number of amides is 3. The fraction of sp³-hybridized carbons (Fsp3) is 0.579. The van der Waals surface area contributed by atoms with Gasteiger partial charge in [0, 0.05) is 32.1 Å². The summed E-state index contributed by atoms with van der Waals surface area (Å²) in [5.74, 6) is -3.15. The number of nitrogens with one attached hydrogen (secondary N) is 3. The van der Waals surface area contributed by atoms with Gasteiger partial charge in [0.25, 0.3) is 5.91 Å². The molecule has 0 aromatic heterocycles. The summed E-state index contributed by atoms with van der Waals surface area (Å²) in [7, 11) is 0. The molecule has 3 amide bonds. The van der Waals surface area contributed by atoms with Crippen LogP contribution in [-0.4, -0.2) is 105 Å². The third kappa shape index (κ3) is 10.0. The van der Waals surface area contributed by atoms with E-state index in [0.29, 0.717) is 57.3 Å². The first kappa shape index (κ1) is 40.4. The van der Waals surface area contributed by atoms with Gasteiger partial charge >= 0.3 is 5.97 Å². The molecule has 0 spiro atoms. The van der Waals surface area contributed by atoms with E-state index in [1.165, 1.54) is 19.1 Å². The van der Waals surface area contributed by atoms with Crippen LogP contribution in [0.2, 0.25) is 5.02 Å². The van der Waals surface area contributed by atoms with E-state index in [1.54, 1.807) is 0 Å². The van der Waals surface area contributed by atoms with Crippen LogP contribution in [0.25, 0.3) is 0 Å². The first-order valence-corrected chi connectivity index (χ1v) is 18.6. The number of carboxylic acid groups (broad SMARTS) is 1. The van der Waals surface area contributed by atoms with E-state index in [1.807, 2.05) is 24.3 Å². The second-order valence-electron chi connectivity index (χ2n) is 14.4. The molecular weight excluding hydrogens is 710 g/mol. The summed E-state index contributed by atoms with van der Waals surface area (Å²) in [6.45, 7) is 1.66. The Balaban J connectivity index is 1.47. The Morgan fingerprint density at radius 3 is 2.49 bits per heavy atom. The number of aliphatic hydroxyl groups is 3. The number of carbonyl (C=O) groups excluding carboxylic acids is 3. The fourth-order valence-corrected chi connectivity index (χ4v) is 7.79. The lowest BCUT2D eigenvalue weighted by molar-refractivity contribution is -0.229. The number of rotatable bonds is 4. The monoisotopic (exact) mass is 759 g/mol. The highest BCUT2D eigenvalue weighted by Gasteiger charge is 2.54. The van der Waals surface area contributed by atoms with Crippen LogP contribution in [0.15, 0.2) is 36.4 Å². The van der Waals surface area contributed by atoms with Crippen molar-refractivity contribution in [1.29, 1.82) is 0 Å². The van der Waals surface area contributed by atoms with Crippen LogP contribution in [0.3, 0.4) is 0 Å². The highest BCUT2D eigenvalue weighted by Crippen LogP contribution is 2.37. The first-order chi connectivity index (χ1) is 25.3. The molecule has 3 heterocycles. The number of β-amino-alcohol motifs (C(OH)–C–C–N with tert-alkyl or cyclic N) is 1.